The summed E-state index contributed by atoms with van der Waals surface area (Å²) in [4.78, 5) is 31.5. The fourth-order valence-electron chi connectivity index (χ4n) is 4.23. The van der Waals surface area contributed by atoms with Gasteiger partial charge in [-0.3, -0.25) is 10.1 Å². The SMILES string of the molecule is CC1OC2(CCN(CCc3csc(NC(=O)O)n3)CC2)CN(c2ccccc2F)C1=O. The number of halogens is 1. The Balaban J connectivity index is 1.35. The van der Waals surface area contributed by atoms with Gasteiger partial charge < -0.3 is 19.6 Å². The second-order valence-electron chi connectivity index (χ2n) is 7.98. The molecule has 3 heterocycles. The number of amides is 2. The summed E-state index contributed by atoms with van der Waals surface area (Å²) in [6, 6.07) is 6.35. The third-order valence-electron chi connectivity index (χ3n) is 5.85. The van der Waals surface area contributed by atoms with Crippen molar-refractivity contribution in [2.24, 2.45) is 0 Å². The molecule has 31 heavy (non-hydrogen) atoms. The first-order chi connectivity index (χ1) is 14.8. The van der Waals surface area contributed by atoms with Gasteiger partial charge in [0.1, 0.15) is 11.9 Å². The molecule has 0 bridgehead atoms. The predicted octanol–water partition coefficient (Wildman–Crippen LogP) is 3.20. The maximum absolute atomic E-state index is 14.3. The molecule has 2 aliphatic heterocycles. The molecule has 1 aromatic carbocycles. The number of carbonyl (C=O) groups excluding carboxylic acids is 1. The number of anilines is 2. The van der Waals surface area contributed by atoms with Crippen molar-refractivity contribution in [3.8, 4) is 0 Å². The molecule has 2 aliphatic rings. The van der Waals surface area contributed by atoms with Crippen molar-refractivity contribution in [3.05, 3.63) is 41.2 Å². The predicted molar refractivity (Wildman–Crippen MR) is 115 cm³/mol. The molecular formula is C21H25FN4O4S. The number of carbonyl (C=O) groups is 2. The van der Waals surface area contributed by atoms with E-state index in [-0.39, 0.29) is 5.91 Å². The highest BCUT2D eigenvalue weighted by Crippen LogP contribution is 2.35. The number of para-hydroxylation sites is 1. The Bertz CT molecular complexity index is 960. The van der Waals surface area contributed by atoms with Gasteiger partial charge in [0, 0.05) is 31.4 Å². The zero-order valence-electron chi connectivity index (χ0n) is 17.2. The van der Waals surface area contributed by atoms with Crippen LogP contribution in [0.3, 0.4) is 0 Å². The molecule has 0 radical (unpaired) electrons. The van der Waals surface area contributed by atoms with E-state index in [9.17, 15) is 14.0 Å². The molecule has 10 heteroatoms. The van der Waals surface area contributed by atoms with E-state index in [1.54, 1.807) is 25.1 Å². The first-order valence-corrected chi connectivity index (χ1v) is 11.1. The summed E-state index contributed by atoms with van der Waals surface area (Å²) in [7, 11) is 0. The maximum atomic E-state index is 14.3. The molecule has 0 saturated carbocycles. The third-order valence-corrected chi connectivity index (χ3v) is 6.65. The molecule has 2 fully saturated rings. The van der Waals surface area contributed by atoms with Crippen molar-refractivity contribution >= 4 is 34.2 Å². The van der Waals surface area contributed by atoms with Crippen molar-refractivity contribution in [2.45, 2.75) is 37.9 Å². The van der Waals surface area contributed by atoms with E-state index >= 15 is 0 Å². The van der Waals surface area contributed by atoms with Gasteiger partial charge in [0.25, 0.3) is 5.91 Å². The van der Waals surface area contributed by atoms with Crippen molar-refractivity contribution in [2.75, 3.05) is 36.4 Å². The van der Waals surface area contributed by atoms with E-state index < -0.39 is 23.6 Å². The third kappa shape index (κ3) is 4.86. The largest absolute Gasteiger partial charge is 0.465 e. The van der Waals surface area contributed by atoms with E-state index in [2.05, 4.69) is 15.2 Å². The number of carboxylic acid groups (broad SMARTS) is 1. The minimum atomic E-state index is -1.12. The lowest BCUT2D eigenvalue weighted by Gasteiger charge is -2.49. The Hall–Kier alpha value is -2.56. The Morgan fingerprint density at radius 3 is 2.84 bits per heavy atom. The van der Waals surface area contributed by atoms with Crippen LogP contribution in [0.1, 0.15) is 25.5 Å². The van der Waals surface area contributed by atoms with Gasteiger partial charge in [-0.2, -0.15) is 0 Å². The normalized spacial score (nSPS) is 21.4. The minimum absolute atomic E-state index is 0.215. The van der Waals surface area contributed by atoms with Crippen LogP contribution in [0.5, 0.6) is 0 Å². The van der Waals surface area contributed by atoms with E-state index in [1.807, 2.05) is 5.38 Å². The van der Waals surface area contributed by atoms with Crippen molar-refractivity contribution in [1.29, 1.82) is 0 Å². The topological polar surface area (TPSA) is 95.0 Å². The van der Waals surface area contributed by atoms with Gasteiger partial charge in [0.05, 0.1) is 23.5 Å². The monoisotopic (exact) mass is 448 g/mol. The van der Waals surface area contributed by atoms with Gasteiger partial charge in [0.15, 0.2) is 5.13 Å². The zero-order valence-corrected chi connectivity index (χ0v) is 18.0. The molecule has 1 aromatic heterocycles. The summed E-state index contributed by atoms with van der Waals surface area (Å²) >= 11 is 1.27. The second kappa shape index (κ2) is 8.89. The van der Waals surface area contributed by atoms with Gasteiger partial charge >= 0.3 is 6.09 Å². The van der Waals surface area contributed by atoms with Gasteiger partial charge in [0.2, 0.25) is 0 Å². The average Bonchev–Trinajstić information content (AvgIpc) is 3.18. The molecular weight excluding hydrogens is 423 g/mol. The number of rotatable bonds is 5. The zero-order chi connectivity index (χ0) is 22.0. The molecule has 166 valence electrons. The minimum Gasteiger partial charge on any atom is -0.465 e. The van der Waals surface area contributed by atoms with Crippen molar-refractivity contribution < 1.29 is 23.8 Å². The van der Waals surface area contributed by atoms with Crippen molar-refractivity contribution in [1.82, 2.24) is 9.88 Å². The quantitative estimate of drug-likeness (QED) is 0.730. The van der Waals surface area contributed by atoms with E-state index in [0.29, 0.717) is 17.4 Å². The first kappa shape index (κ1) is 21.7. The Kier molecular flexibility index (Phi) is 6.22. The van der Waals surface area contributed by atoms with Crippen LogP contribution in [-0.4, -0.2) is 64.9 Å². The number of aromatic nitrogens is 1. The Morgan fingerprint density at radius 2 is 2.13 bits per heavy atom. The van der Waals surface area contributed by atoms with Crippen LogP contribution in [0.25, 0.3) is 0 Å². The fraction of sp³-hybridized carbons (Fsp3) is 0.476. The lowest BCUT2D eigenvalue weighted by Crippen LogP contribution is -2.61. The van der Waals surface area contributed by atoms with Crippen LogP contribution < -0.4 is 10.2 Å². The number of nitrogens with zero attached hydrogens (tertiary/aromatic N) is 3. The molecule has 0 aliphatic carbocycles. The lowest BCUT2D eigenvalue weighted by atomic mass is 9.88. The van der Waals surface area contributed by atoms with Gasteiger partial charge in [-0.05, 0) is 31.9 Å². The molecule has 2 aromatic rings. The smallest absolute Gasteiger partial charge is 0.410 e. The highest BCUT2D eigenvalue weighted by Gasteiger charge is 2.46. The molecule has 1 atom stereocenters. The molecule has 2 amide bonds. The summed E-state index contributed by atoms with van der Waals surface area (Å²) in [5.74, 6) is -0.620. The summed E-state index contributed by atoms with van der Waals surface area (Å²) < 4.78 is 20.5. The standard InChI is InChI=1S/C21H25FN4O4S/c1-14-18(27)26(17-5-3-2-4-16(17)22)13-21(30-14)7-10-25(11-8-21)9-6-15-12-31-19(23-15)24-20(28)29/h2-5,12,14H,6-11,13H2,1H3,(H,23,24)(H,28,29). The fourth-order valence-corrected chi connectivity index (χ4v) is 4.96. The van der Waals surface area contributed by atoms with Crippen LogP contribution >= 0.6 is 11.3 Å². The number of nitrogens with one attached hydrogen (secondary N) is 1. The lowest BCUT2D eigenvalue weighted by molar-refractivity contribution is -0.161. The van der Waals surface area contributed by atoms with Crippen LogP contribution in [-0.2, 0) is 16.0 Å². The van der Waals surface area contributed by atoms with Crippen LogP contribution in [0.4, 0.5) is 20.0 Å². The Labute approximate surface area is 183 Å². The second-order valence-corrected chi connectivity index (χ2v) is 8.84. The Morgan fingerprint density at radius 1 is 1.39 bits per heavy atom. The summed E-state index contributed by atoms with van der Waals surface area (Å²) in [5, 5.41) is 13.3. The molecule has 1 spiro atoms. The highest BCUT2D eigenvalue weighted by atomic mass is 32.1. The number of piperidine rings is 1. The number of hydrogen-bond acceptors (Lipinski definition) is 6. The van der Waals surface area contributed by atoms with E-state index in [4.69, 9.17) is 9.84 Å². The number of likely N-dealkylation sites (tertiary alicyclic amines) is 1. The molecule has 4 rings (SSSR count). The number of morpholine rings is 1. The highest BCUT2D eigenvalue weighted by molar-refractivity contribution is 7.13. The first-order valence-electron chi connectivity index (χ1n) is 10.3. The van der Waals surface area contributed by atoms with Gasteiger partial charge in [-0.15, -0.1) is 11.3 Å². The number of thiazole rings is 1. The number of benzene rings is 1. The number of ether oxygens (including phenoxy) is 1. The number of hydrogen-bond donors (Lipinski definition) is 2. The van der Waals surface area contributed by atoms with Crippen LogP contribution in [0.15, 0.2) is 29.6 Å². The van der Waals surface area contributed by atoms with E-state index in [1.165, 1.54) is 22.3 Å². The maximum Gasteiger partial charge on any atom is 0.410 e. The molecule has 2 N–H and O–H groups in total. The van der Waals surface area contributed by atoms with Gasteiger partial charge in [-0.25, -0.2) is 14.2 Å². The van der Waals surface area contributed by atoms with Gasteiger partial charge in [-0.1, -0.05) is 12.1 Å². The molecule has 1 unspecified atom stereocenters. The van der Waals surface area contributed by atoms with E-state index in [0.717, 1.165) is 44.6 Å². The molecule has 8 nitrogen and oxygen atoms in total. The summed E-state index contributed by atoms with van der Waals surface area (Å²) in [6.07, 6.45) is 0.487. The van der Waals surface area contributed by atoms with Crippen LogP contribution in [0.2, 0.25) is 0 Å². The average molecular weight is 449 g/mol. The van der Waals surface area contributed by atoms with Crippen molar-refractivity contribution in [3.63, 3.8) is 0 Å². The summed E-state index contributed by atoms with van der Waals surface area (Å²) in [5.41, 5.74) is 0.678. The molecule has 2 saturated heterocycles. The summed E-state index contributed by atoms with van der Waals surface area (Å²) in [6.45, 7) is 4.49. The van der Waals surface area contributed by atoms with Crippen LogP contribution in [0, 0.1) is 5.82 Å².